The molecule has 0 fully saturated rings. The average Bonchev–Trinajstić information content (AvgIpc) is 3.10. The molecule has 144 valence electrons. The summed E-state index contributed by atoms with van der Waals surface area (Å²) in [6.45, 7) is 3.38. The van der Waals surface area contributed by atoms with Crippen molar-refractivity contribution in [1.82, 2.24) is 10.2 Å². The Kier molecular flexibility index (Phi) is 6.66. The Morgan fingerprint density at radius 3 is 2.50 bits per heavy atom. The molecule has 3 rings (SSSR count). The molecule has 2 N–H and O–H groups in total. The van der Waals surface area contributed by atoms with Crippen LogP contribution in [0.25, 0.3) is 0 Å². The van der Waals surface area contributed by atoms with Gasteiger partial charge in [0.2, 0.25) is 11.0 Å². The molecule has 0 spiro atoms. The summed E-state index contributed by atoms with van der Waals surface area (Å²) in [5.41, 5.74) is 3.08. The van der Waals surface area contributed by atoms with Crippen molar-refractivity contribution in [3.05, 3.63) is 58.6 Å². The molecule has 28 heavy (non-hydrogen) atoms. The number of halogens is 1. The molecule has 9 heteroatoms. The Bertz CT molecular complexity index is 1010. The number of carbonyl (C=O) groups excluding carboxylic acids is 2. The number of thioether (sulfide) groups is 1. The van der Waals surface area contributed by atoms with Crippen molar-refractivity contribution in [2.45, 2.75) is 18.2 Å². The molecule has 0 bridgehead atoms. The van der Waals surface area contributed by atoms with Crippen LogP contribution < -0.4 is 10.6 Å². The van der Waals surface area contributed by atoms with Gasteiger partial charge in [-0.25, -0.2) is 0 Å². The van der Waals surface area contributed by atoms with Gasteiger partial charge < -0.3 is 10.6 Å². The molecule has 0 atom stereocenters. The molecule has 0 aliphatic rings. The number of aryl methyl sites for hydroxylation is 1. The van der Waals surface area contributed by atoms with Crippen molar-refractivity contribution in [1.29, 1.82) is 0 Å². The van der Waals surface area contributed by atoms with E-state index in [1.54, 1.807) is 24.3 Å². The fraction of sp³-hybridized carbons (Fsp3) is 0.158. The second-order valence-electron chi connectivity index (χ2n) is 5.93. The molecule has 0 saturated heterocycles. The van der Waals surface area contributed by atoms with Crippen molar-refractivity contribution in [3.63, 3.8) is 0 Å². The maximum absolute atomic E-state index is 12.3. The zero-order chi connectivity index (χ0) is 20.1. The van der Waals surface area contributed by atoms with Gasteiger partial charge in [0.05, 0.1) is 5.75 Å². The van der Waals surface area contributed by atoms with E-state index >= 15 is 0 Å². The van der Waals surface area contributed by atoms with Gasteiger partial charge in [0.15, 0.2) is 10.1 Å². The van der Waals surface area contributed by atoms with E-state index in [2.05, 4.69) is 20.8 Å². The summed E-state index contributed by atoms with van der Waals surface area (Å²) in [4.78, 5) is 23.4. The Labute approximate surface area is 175 Å². The quantitative estimate of drug-likeness (QED) is 0.395. The molecule has 1 amide bonds. The second kappa shape index (κ2) is 9.18. The van der Waals surface area contributed by atoms with Crippen LogP contribution >= 0.6 is 34.7 Å². The smallest absolute Gasteiger partial charge is 0.221 e. The highest BCUT2D eigenvalue weighted by atomic mass is 35.5. The number of amides is 1. The maximum atomic E-state index is 12.3. The van der Waals surface area contributed by atoms with E-state index in [1.165, 1.54) is 30.0 Å². The van der Waals surface area contributed by atoms with Crippen molar-refractivity contribution >= 4 is 62.9 Å². The fourth-order valence-electron chi connectivity index (χ4n) is 2.27. The maximum Gasteiger partial charge on any atom is 0.221 e. The molecule has 0 saturated carbocycles. The summed E-state index contributed by atoms with van der Waals surface area (Å²) in [5.74, 6) is 0.0856. The Morgan fingerprint density at radius 2 is 1.82 bits per heavy atom. The monoisotopic (exact) mass is 432 g/mol. The average molecular weight is 433 g/mol. The standard InChI is InChI=1S/C19H17ClN4O2S2/c1-11-3-6-15(9-16(11)20)22-18-23-24-19(28-18)27-10-17(26)13-4-7-14(8-5-13)21-12(2)25/h3-9H,10H2,1-2H3,(H,21,25)(H,22,23). The minimum atomic E-state index is -0.150. The molecule has 6 nitrogen and oxygen atoms in total. The molecule has 1 heterocycles. The van der Waals surface area contributed by atoms with E-state index in [0.717, 1.165) is 11.3 Å². The van der Waals surface area contributed by atoms with Crippen molar-refractivity contribution < 1.29 is 9.59 Å². The number of rotatable bonds is 7. The highest BCUT2D eigenvalue weighted by Gasteiger charge is 2.11. The lowest BCUT2D eigenvalue weighted by Crippen LogP contribution is -2.06. The van der Waals surface area contributed by atoms with Gasteiger partial charge in [-0.15, -0.1) is 10.2 Å². The van der Waals surface area contributed by atoms with E-state index in [1.807, 2.05) is 25.1 Å². The van der Waals surface area contributed by atoms with Gasteiger partial charge in [0.25, 0.3) is 0 Å². The van der Waals surface area contributed by atoms with Gasteiger partial charge in [-0.2, -0.15) is 0 Å². The van der Waals surface area contributed by atoms with E-state index in [-0.39, 0.29) is 17.4 Å². The first-order valence-corrected chi connectivity index (χ1v) is 10.5. The molecule has 1 aromatic heterocycles. The molecular formula is C19H17ClN4O2S2. The summed E-state index contributed by atoms with van der Waals surface area (Å²) in [6, 6.07) is 12.5. The third-order valence-corrected chi connectivity index (χ3v) is 6.06. The minimum Gasteiger partial charge on any atom is -0.330 e. The van der Waals surface area contributed by atoms with Crippen LogP contribution in [-0.2, 0) is 4.79 Å². The molecule has 0 unspecified atom stereocenters. The highest BCUT2D eigenvalue weighted by molar-refractivity contribution is 8.01. The van der Waals surface area contributed by atoms with Crippen LogP contribution in [0.3, 0.4) is 0 Å². The van der Waals surface area contributed by atoms with E-state index in [0.29, 0.717) is 25.7 Å². The first-order valence-electron chi connectivity index (χ1n) is 8.31. The van der Waals surface area contributed by atoms with Crippen molar-refractivity contribution in [2.24, 2.45) is 0 Å². The van der Waals surface area contributed by atoms with Crippen LogP contribution in [0.4, 0.5) is 16.5 Å². The summed E-state index contributed by atoms with van der Waals surface area (Å²) in [7, 11) is 0. The first kappa shape index (κ1) is 20.3. The largest absolute Gasteiger partial charge is 0.330 e. The Morgan fingerprint density at radius 1 is 1.11 bits per heavy atom. The third-order valence-electron chi connectivity index (χ3n) is 3.68. The predicted molar refractivity (Wildman–Crippen MR) is 115 cm³/mol. The lowest BCUT2D eigenvalue weighted by molar-refractivity contribution is -0.114. The normalized spacial score (nSPS) is 10.5. The van der Waals surface area contributed by atoms with Crippen LogP contribution in [0.2, 0.25) is 5.02 Å². The summed E-state index contributed by atoms with van der Waals surface area (Å²) in [6.07, 6.45) is 0. The number of nitrogens with one attached hydrogen (secondary N) is 2. The van der Waals surface area contributed by atoms with Crippen LogP contribution in [0.5, 0.6) is 0 Å². The topological polar surface area (TPSA) is 84.0 Å². The van der Waals surface area contributed by atoms with Gasteiger partial charge in [0, 0.05) is 28.9 Å². The number of hydrogen-bond donors (Lipinski definition) is 2. The Balaban J connectivity index is 1.55. The summed E-state index contributed by atoms with van der Waals surface area (Å²) < 4.78 is 0.698. The van der Waals surface area contributed by atoms with E-state index in [4.69, 9.17) is 11.6 Å². The van der Waals surface area contributed by atoms with E-state index in [9.17, 15) is 9.59 Å². The van der Waals surface area contributed by atoms with Gasteiger partial charge in [-0.3, -0.25) is 9.59 Å². The second-order valence-corrected chi connectivity index (χ2v) is 8.54. The van der Waals surface area contributed by atoms with Gasteiger partial charge >= 0.3 is 0 Å². The van der Waals surface area contributed by atoms with Gasteiger partial charge in [-0.05, 0) is 48.9 Å². The summed E-state index contributed by atoms with van der Waals surface area (Å²) in [5, 5.41) is 15.3. The molecule has 0 aliphatic heterocycles. The lowest BCUT2D eigenvalue weighted by Gasteiger charge is -2.04. The fourth-order valence-corrected chi connectivity index (χ4v) is 4.11. The molecule has 2 aromatic carbocycles. The Hall–Kier alpha value is -2.42. The SMILES string of the molecule is CC(=O)Nc1ccc(C(=O)CSc2nnc(Nc3ccc(C)c(Cl)c3)s2)cc1. The number of nitrogens with zero attached hydrogens (tertiary/aromatic N) is 2. The van der Waals surface area contributed by atoms with Crippen LogP contribution in [0, 0.1) is 6.92 Å². The lowest BCUT2D eigenvalue weighted by atomic mass is 10.1. The zero-order valence-electron chi connectivity index (χ0n) is 15.2. The molecule has 3 aromatic rings. The minimum absolute atomic E-state index is 0.0191. The number of aromatic nitrogens is 2. The number of hydrogen-bond acceptors (Lipinski definition) is 7. The number of carbonyl (C=O) groups is 2. The molecule has 0 aliphatic carbocycles. The third kappa shape index (κ3) is 5.54. The van der Waals surface area contributed by atoms with Crippen molar-refractivity contribution in [3.8, 4) is 0 Å². The molecule has 0 radical (unpaired) electrons. The number of anilines is 3. The number of ketones is 1. The van der Waals surface area contributed by atoms with Gasteiger partial charge in [-0.1, -0.05) is 40.8 Å². The molecular weight excluding hydrogens is 416 g/mol. The number of Topliss-reactive ketones (excluding diaryl/α,β-unsaturated/α-hetero) is 1. The highest BCUT2D eigenvalue weighted by Crippen LogP contribution is 2.29. The zero-order valence-corrected chi connectivity index (χ0v) is 17.5. The van der Waals surface area contributed by atoms with Crippen LogP contribution in [-0.4, -0.2) is 27.6 Å². The first-order chi connectivity index (χ1) is 13.4. The predicted octanol–water partition coefficient (Wildman–Crippen LogP) is 5.18. The van der Waals surface area contributed by atoms with Crippen LogP contribution in [0.1, 0.15) is 22.8 Å². The van der Waals surface area contributed by atoms with E-state index < -0.39 is 0 Å². The van der Waals surface area contributed by atoms with Crippen LogP contribution in [0.15, 0.2) is 46.8 Å². The summed E-state index contributed by atoms with van der Waals surface area (Å²) >= 11 is 8.83. The van der Waals surface area contributed by atoms with Crippen molar-refractivity contribution in [2.75, 3.05) is 16.4 Å². The van der Waals surface area contributed by atoms with Gasteiger partial charge in [0.1, 0.15) is 0 Å². The number of benzene rings is 2.